The van der Waals surface area contributed by atoms with Crippen molar-refractivity contribution in [3.8, 4) is 0 Å². The fraction of sp³-hybridized carbons (Fsp3) is 0.647. The summed E-state index contributed by atoms with van der Waals surface area (Å²) in [5, 5.41) is 7.82. The lowest BCUT2D eigenvalue weighted by Gasteiger charge is -2.29. The van der Waals surface area contributed by atoms with Gasteiger partial charge in [0.2, 0.25) is 0 Å². The molecule has 0 aromatic carbocycles. The number of pyridine rings is 1. The number of nitrogens with one attached hydrogen (secondary N) is 2. The zero-order valence-electron chi connectivity index (χ0n) is 13.9. The summed E-state index contributed by atoms with van der Waals surface area (Å²) in [6.45, 7) is 3.00. The molecule has 122 valence electrons. The van der Waals surface area contributed by atoms with E-state index in [1.165, 1.54) is 36.8 Å². The van der Waals surface area contributed by atoms with E-state index in [1.54, 1.807) is 0 Å². The van der Waals surface area contributed by atoms with E-state index in [1.807, 2.05) is 31.2 Å². The third kappa shape index (κ3) is 5.20. The normalized spacial score (nSPS) is 22.4. The number of aromatic nitrogens is 1. The van der Waals surface area contributed by atoms with E-state index in [9.17, 15) is 0 Å². The minimum Gasteiger partial charge on any atom is -0.356 e. The first-order valence-corrected chi connectivity index (χ1v) is 9.41. The summed E-state index contributed by atoms with van der Waals surface area (Å²) in [4.78, 5) is 8.50. The molecule has 1 heterocycles. The van der Waals surface area contributed by atoms with Crippen LogP contribution in [0.1, 0.15) is 36.8 Å². The van der Waals surface area contributed by atoms with Gasteiger partial charge in [0.25, 0.3) is 0 Å². The number of nitrogens with zero attached hydrogens (tertiary/aromatic N) is 2. The second kappa shape index (κ2) is 9.03. The molecule has 2 unspecified atom stereocenters. The Morgan fingerprint density at radius 3 is 3.05 bits per heavy atom. The molecule has 0 radical (unpaired) electrons. The van der Waals surface area contributed by atoms with Crippen molar-refractivity contribution in [1.82, 2.24) is 15.6 Å². The summed E-state index contributed by atoms with van der Waals surface area (Å²) in [6, 6.07) is 2.65. The molecule has 0 aliphatic heterocycles. The molecule has 1 aliphatic rings. The maximum Gasteiger partial charge on any atom is 0.191 e. The molecule has 0 bridgehead atoms. The van der Waals surface area contributed by atoms with Gasteiger partial charge in [0, 0.05) is 37.3 Å². The average molecular weight is 321 g/mol. The number of guanidine groups is 1. The van der Waals surface area contributed by atoms with E-state index in [2.05, 4.69) is 39.9 Å². The van der Waals surface area contributed by atoms with E-state index < -0.39 is 0 Å². The topological polar surface area (TPSA) is 49.3 Å². The van der Waals surface area contributed by atoms with E-state index in [-0.39, 0.29) is 0 Å². The third-order valence-electron chi connectivity index (χ3n) is 4.35. The molecular formula is C17H28N4S. The zero-order valence-corrected chi connectivity index (χ0v) is 14.7. The Morgan fingerprint density at radius 1 is 1.45 bits per heavy atom. The summed E-state index contributed by atoms with van der Waals surface area (Å²) in [5.74, 6) is 0.929. The minimum atomic E-state index is 0.556. The van der Waals surface area contributed by atoms with Crippen LogP contribution in [0.25, 0.3) is 0 Å². The van der Waals surface area contributed by atoms with Crippen LogP contribution in [0, 0.1) is 6.92 Å². The van der Waals surface area contributed by atoms with Crippen molar-refractivity contribution < 1.29 is 0 Å². The van der Waals surface area contributed by atoms with Crippen LogP contribution in [0.3, 0.4) is 0 Å². The van der Waals surface area contributed by atoms with Crippen LogP contribution >= 0.6 is 11.8 Å². The zero-order chi connectivity index (χ0) is 15.8. The van der Waals surface area contributed by atoms with Crippen LogP contribution in [0.5, 0.6) is 0 Å². The Morgan fingerprint density at radius 2 is 2.32 bits per heavy atom. The summed E-state index contributed by atoms with van der Waals surface area (Å²) < 4.78 is 0. The Hall–Kier alpha value is -1.23. The van der Waals surface area contributed by atoms with Gasteiger partial charge in [-0.05, 0) is 56.1 Å². The molecule has 2 atom stereocenters. The molecule has 4 nitrogen and oxygen atoms in total. The highest BCUT2D eigenvalue weighted by atomic mass is 32.2. The summed E-state index contributed by atoms with van der Waals surface area (Å²) in [6.07, 6.45) is 12.2. The largest absolute Gasteiger partial charge is 0.356 e. The molecule has 22 heavy (non-hydrogen) atoms. The van der Waals surface area contributed by atoms with Crippen LogP contribution in [0.2, 0.25) is 0 Å². The molecule has 0 amide bonds. The molecule has 1 aromatic heterocycles. The Balaban J connectivity index is 1.77. The number of hydrogen-bond acceptors (Lipinski definition) is 3. The van der Waals surface area contributed by atoms with Crippen LogP contribution in [0.4, 0.5) is 0 Å². The number of aliphatic imine (C=N–C) groups is 1. The van der Waals surface area contributed by atoms with Gasteiger partial charge in [-0.2, -0.15) is 11.8 Å². The lowest BCUT2D eigenvalue weighted by Crippen LogP contribution is -2.46. The summed E-state index contributed by atoms with van der Waals surface area (Å²) in [5.41, 5.74) is 2.60. The van der Waals surface area contributed by atoms with Gasteiger partial charge >= 0.3 is 0 Å². The van der Waals surface area contributed by atoms with Gasteiger partial charge in [-0.15, -0.1) is 0 Å². The van der Waals surface area contributed by atoms with Crippen LogP contribution in [0.15, 0.2) is 23.5 Å². The van der Waals surface area contributed by atoms with Crippen molar-refractivity contribution >= 4 is 17.7 Å². The minimum absolute atomic E-state index is 0.556. The predicted octanol–water partition coefficient (Wildman–Crippen LogP) is 2.77. The first kappa shape index (κ1) is 17.1. The average Bonchev–Trinajstić information content (AvgIpc) is 2.55. The molecule has 5 heteroatoms. The van der Waals surface area contributed by atoms with Crippen molar-refractivity contribution in [3.05, 3.63) is 29.6 Å². The van der Waals surface area contributed by atoms with Crippen molar-refractivity contribution in [1.29, 1.82) is 0 Å². The van der Waals surface area contributed by atoms with Crippen molar-refractivity contribution in [2.75, 3.05) is 19.8 Å². The molecule has 1 aliphatic carbocycles. The summed E-state index contributed by atoms with van der Waals surface area (Å²) >= 11 is 1.99. The lowest BCUT2D eigenvalue weighted by molar-refractivity contribution is 0.419. The van der Waals surface area contributed by atoms with Gasteiger partial charge in [0.15, 0.2) is 5.96 Å². The quantitative estimate of drug-likeness (QED) is 0.647. The fourth-order valence-corrected chi connectivity index (χ4v) is 3.80. The summed E-state index contributed by atoms with van der Waals surface area (Å²) in [7, 11) is 1.85. The van der Waals surface area contributed by atoms with Gasteiger partial charge < -0.3 is 10.6 Å². The predicted molar refractivity (Wildman–Crippen MR) is 96.7 cm³/mol. The maximum atomic E-state index is 4.36. The Bertz CT molecular complexity index is 489. The highest BCUT2D eigenvalue weighted by molar-refractivity contribution is 7.99. The third-order valence-corrected chi connectivity index (χ3v) is 5.44. The standard InChI is InChI=1S/C17H28N4S/c1-13-12-19-9-7-14(13)8-10-20-17(18-2)21-15-5-4-6-16(11-15)22-3/h7,9,12,15-16H,4-6,8,10-11H2,1-3H3,(H2,18,20,21). The van der Waals surface area contributed by atoms with E-state index in [0.717, 1.165) is 24.2 Å². The number of thioether (sulfide) groups is 1. The molecule has 0 spiro atoms. The second-order valence-corrected chi connectivity index (χ2v) is 7.05. The molecule has 1 saturated carbocycles. The number of hydrogen-bond donors (Lipinski definition) is 2. The smallest absolute Gasteiger partial charge is 0.191 e. The molecule has 2 N–H and O–H groups in total. The second-order valence-electron chi connectivity index (χ2n) is 5.92. The van der Waals surface area contributed by atoms with Gasteiger partial charge in [-0.3, -0.25) is 9.98 Å². The maximum absolute atomic E-state index is 4.36. The first-order chi connectivity index (χ1) is 10.7. The highest BCUT2D eigenvalue weighted by Crippen LogP contribution is 2.26. The van der Waals surface area contributed by atoms with Crippen molar-refractivity contribution in [2.45, 2.75) is 50.3 Å². The van der Waals surface area contributed by atoms with Gasteiger partial charge in [-0.1, -0.05) is 6.42 Å². The molecular weight excluding hydrogens is 292 g/mol. The Labute approximate surface area is 138 Å². The van der Waals surface area contributed by atoms with Gasteiger partial charge in [0.1, 0.15) is 0 Å². The van der Waals surface area contributed by atoms with Crippen LogP contribution < -0.4 is 10.6 Å². The molecule has 0 saturated heterocycles. The first-order valence-electron chi connectivity index (χ1n) is 8.12. The molecule has 1 aromatic rings. The van der Waals surface area contributed by atoms with Crippen molar-refractivity contribution in [3.63, 3.8) is 0 Å². The highest BCUT2D eigenvalue weighted by Gasteiger charge is 2.21. The SMILES string of the molecule is CN=C(NCCc1ccncc1C)NC1CCCC(SC)C1. The fourth-order valence-electron chi connectivity index (χ4n) is 2.98. The van der Waals surface area contributed by atoms with Crippen molar-refractivity contribution in [2.24, 2.45) is 4.99 Å². The molecule has 1 fully saturated rings. The van der Waals surface area contributed by atoms with Crippen LogP contribution in [-0.4, -0.2) is 42.1 Å². The van der Waals surface area contributed by atoms with E-state index in [0.29, 0.717) is 6.04 Å². The van der Waals surface area contributed by atoms with E-state index >= 15 is 0 Å². The van der Waals surface area contributed by atoms with Gasteiger partial charge in [-0.25, -0.2) is 0 Å². The van der Waals surface area contributed by atoms with Gasteiger partial charge in [0.05, 0.1) is 0 Å². The number of rotatable bonds is 5. The number of aryl methyl sites for hydroxylation is 1. The lowest BCUT2D eigenvalue weighted by atomic mass is 9.95. The van der Waals surface area contributed by atoms with Crippen LogP contribution in [-0.2, 0) is 6.42 Å². The Kier molecular flexibility index (Phi) is 7.03. The molecule has 2 rings (SSSR count). The van der Waals surface area contributed by atoms with E-state index in [4.69, 9.17) is 0 Å². The monoisotopic (exact) mass is 320 g/mol.